The van der Waals surface area contributed by atoms with Crippen molar-refractivity contribution in [2.45, 2.75) is 133 Å². The maximum absolute atomic E-state index is 15.8. The van der Waals surface area contributed by atoms with Gasteiger partial charge in [-0.1, -0.05) is 63.0 Å². The number of hydrogen-bond donors (Lipinski definition) is 4. The maximum atomic E-state index is 15.8. The van der Waals surface area contributed by atoms with Crippen molar-refractivity contribution < 1.29 is 96.7 Å². The summed E-state index contributed by atoms with van der Waals surface area (Å²) >= 11 is 13.1. The topological polar surface area (TPSA) is 292 Å². The average molecular weight is 1790 g/mol. The number of alkyl halides is 12. The monoisotopic (exact) mass is 1790 g/mol. The summed E-state index contributed by atoms with van der Waals surface area (Å²) in [5.41, 5.74) is -9.78. The summed E-state index contributed by atoms with van der Waals surface area (Å²) < 4.78 is 298. The minimum Gasteiger partial charge on any atom is -0.344 e. The summed E-state index contributed by atoms with van der Waals surface area (Å²) in [5.74, 6) is -26.2. The van der Waals surface area contributed by atoms with E-state index in [1.807, 2.05) is 0 Å². The molecule has 4 aliphatic carbocycles. The number of nitrogens with zero attached hydrogens (tertiary/aromatic N) is 12. The fourth-order valence-corrected chi connectivity index (χ4v) is 17.7. The lowest BCUT2D eigenvalue weighted by atomic mass is 9.83. The van der Waals surface area contributed by atoms with Crippen molar-refractivity contribution in [3.8, 4) is 11.4 Å². The van der Waals surface area contributed by atoms with Gasteiger partial charge in [0.05, 0.1) is 89.6 Å². The molecule has 0 spiro atoms. The second-order valence-corrected chi connectivity index (χ2v) is 35.7. The van der Waals surface area contributed by atoms with E-state index in [1.165, 1.54) is 75.4 Å². The van der Waals surface area contributed by atoms with Crippen LogP contribution in [0.4, 0.5) is 81.9 Å². The summed E-state index contributed by atoms with van der Waals surface area (Å²) in [4.78, 5) is 66.9. The first kappa shape index (κ1) is 85.8. The Labute approximate surface area is 689 Å². The molecule has 2 amide bonds. The molecule has 644 valence electrons. The standard InChI is InChI=1S/C40H35ClF8N8O4S.C38H31ClF8N8O4S/c1-38(2,3)40(48,49)18-6-7-21-25(13-18)51-36(57(37(21)59)27-9-8-24(41)30-32(27)55(4)53-35(30)54-62(5,60)61)26(12-17-10-19(42)14-20(43)11-17)50-28(58)16-56-33-29(31(52-56)34(44)45)22-15-23(22)39(33,46)47;1-4-37(44,45)17-5-6-20-24(12-17)49-35(55(36(20)57)26-8-7-23(39)29-31(26)53(2)51-34(29)52-60(3,58)59)25(11-16-9-18(40)13-19(41)10-16)48-27(56)15-54-32-28(30(50-54)33(42)43)21-14-22(21)38(32,46)47/h6-11,13-14,22-23,26,34H,12,15-16H2,1-5H3,(H,50,58)(H,53,54);5-10,12-13,21-22,25,33H,4,11,14-15H2,1-3H3,(H,48,56)(H,51,52)/t22-,23+,26-;21-,22+,25-/m00/s1. The van der Waals surface area contributed by atoms with Crippen LogP contribution in [0.15, 0.2) is 107 Å². The van der Waals surface area contributed by atoms with Crippen LogP contribution in [-0.4, -0.2) is 99.4 Å². The number of nitrogens with one attached hydrogen (secondary N) is 4. The lowest BCUT2D eigenvalue weighted by molar-refractivity contribution is -0.123. The van der Waals surface area contributed by atoms with Crippen LogP contribution >= 0.6 is 23.2 Å². The minimum absolute atomic E-state index is 0.00731. The Morgan fingerprint density at radius 1 is 0.549 bits per heavy atom. The van der Waals surface area contributed by atoms with Crippen LogP contribution < -0.4 is 31.2 Å². The molecule has 6 atom stereocenters. The van der Waals surface area contributed by atoms with Gasteiger partial charge in [-0.3, -0.25) is 56.5 Å². The molecule has 0 saturated heterocycles. The highest BCUT2D eigenvalue weighted by molar-refractivity contribution is 7.92. The number of hydrogen-bond acceptors (Lipinski definition) is 14. The molecule has 4 aliphatic rings. The van der Waals surface area contributed by atoms with E-state index >= 15 is 35.1 Å². The normalized spacial score (nSPS) is 17.7. The van der Waals surface area contributed by atoms with E-state index in [2.05, 4.69) is 50.4 Å². The third-order valence-corrected chi connectivity index (χ3v) is 23.5. The molecule has 44 heteroatoms. The SMILES string of the molecule is CCC(F)(F)c1ccc2c(=O)n(-c3ccc(Cl)c4c(NS(C)(=O)=O)nn(C)c34)c([C@H](Cc3cc(F)cc(F)c3)NC(=O)Cn3nc(C(F)F)c4c3C(F)(F)[C@@H]3C[C@H]43)nc2c1.Cn1nc(NS(C)(=O)=O)c2c(Cl)ccc(-n3c([C@H](Cc4cc(F)cc(F)c4)NC(=O)Cn4nc(C(F)F)c5c4C(F)(F)[C@@H]4C[C@H]54)nc4cc(C(F)(F)C(C)(C)C)ccc4c3=O)c21. The summed E-state index contributed by atoms with van der Waals surface area (Å²) in [7, 11) is -5.14. The van der Waals surface area contributed by atoms with E-state index in [1.54, 1.807) is 0 Å². The third kappa shape index (κ3) is 15.4. The van der Waals surface area contributed by atoms with Crippen LogP contribution in [0.1, 0.15) is 152 Å². The van der Waals surface area contributed by atoms with E-state index in [-0.39, 0.29) is 112 Å². The van der Waals surface area contributed by atoms with Crippen LogP contribution in [0.2, 0.25) is 10.0 Å². The van der Waals surface area contributed by atoms with Gasteiger partial charge < -0.3 is 10.6 Å². The van der Waals surface area contributed by atoms with Gasteiger partial charge in [0.15, 0.2) is 11.6 Å². The van der Waals surface area contributed by atoms with Crippen LogP contribution in [0.25, 0.3) is 55.0 Å². The minimum atomic E-state index is -3.96. The number of anilines is 2. The number of amides is 2. The van der Waals surface area contributed by atoms with Crippen molar-refractivity contribution in [1.29, 1.82) is 0 Å². The fraction of sp³-hybridized carbons (Fsp3) is 0.359. The first-order valence-electron chi connectivity index (χ1n) is 37.1. The first-order chi connectivity index (χ1) is 56.9. The Bertz CT molecular complexity index is 6750. The highest BCUT2D eigenvalue weighted by Gasteiger charge is 2.68. The molecule has 0 unspecified atom stereocenters. The molecule has 0 aliphatic heterocycles. The largest absolute Gasteiger partial charge is 0.344 e. The summed E-state index contributed by atoms with van der Waals surface area (Å²) in [6.07, 6.45) is -6.66. The number of carbonyl (C=O) groups is 2. The predicted octanol–water partition coefficient (Wildman–Crippen LogP) is 15.7. The quantitative estimate of drug-likeness (QED) is 0.0433. The van der Waals surface area contributed by atoms with E-state index < -0.39 is 222 Å². The smallest absolute Gasteiger partial charge is 0.293 e. The van der Waals surface area contributed by atoms with E-state index in [0.29, 0.717) is 21.5 Å². The molecule has 0 radical (unpaired) electrons. The summed E-state index contributed by atoms with van der Waals surface area (Å²) in [5, 5.41) is 20.4. The number of sulfonamides is 2. The molecule has 0 bridgehead atoms. The van der Waals surface area contributed by atoms with Gasteiger partial charge in [0.25, 0.3) is 47.7 Å². The first-order valence-corrected chi connectivity index (χ1v) is 41.6. The van der Waals surface area contributed by atoms with Gasteiger partial charge in [-0.05, 0) is 109 Å². The van der Waals surface area contributed by atoms with Crippen LogP contribution in [0, 0.1) is 40.5 Å². The maximum Gasteiger partial charge on any atom is 0.293 e. The van der Waals surface area contributed by atoms with E-state index in [0.717, 1.165) is 82.3 Å². The Balaban J connectivity index is 0.000000190. The number of aromatic nitrogens is 12. The predicted molar refractivity (Wildman–Crippen MR) is 413 cm³/mol. The molecule has 16 rings (SSSR count). The van der Waals surface area contributed by atoms with Gasteiger partial charge in [0.1, 0.15) is 70.8 Å². The lowest BCUT2D eigenvalue weighted by Crippen LogP contribution is -2.38. The van der Waals surface area contributed by atoms with Gasteiger partial charge >= 0.3 is 0 Å². The van der Waals surface area contributed by atoms with Gasteiger partial charge in [-0.25, -0.2) is 79.5 Å². The molecule has 6 heterocycles. The zero-order chi connectivity index (χ0) is 88.5. The number of carbonyl (C=O) groups excluding carboxylic acids is 2. The molecule has 12 aromatic rings. The zero-order valence-corrected chi connectivity index (χ0v) is 67.7. The number of fused-ring (bicyclic) bond motifs is 10. The van der Waals surface area contributed by atoms with E-state index in [9.17, 15) is 71.1 Å². The molecular formula is C78H66Cl2F16N16O8S2. The van der Waals surface area contributed by atoms with Gasteiger partial charge in [0, 0.05) is 85.0 Å². The molecule has 24 nitrogen and oxygen atoms in total. The Hall–Kier alpha value is -11.1. The van der Waals surface area contributed by atoms with Crippen molar-refractivity contribution in [2.75, 3.05) is 22.0 Å². The van der Waals surface area contributed by atoms with E-state index in [4.69, 9.17) is 23.2 Å². The molecule has 2 fully saturated rings. The van der Waals surface area contributed by atoms with Gasteiger partial charge in [-0.2, -0.15) is 38.0 Å². The number of benzene rings is 6. The molecule has 122 heavy (non-hydrogen) atoms. The molecule has 2 saturated carbocycles. The Kier molecular flexibility index (Phi) is 21.2. The third-order valence-electron chi connectivity index (χ3n) is 21.8. The highest BCUT2D eigenvalue weighted by Crippen LogP contribution is 2.69. The van der Waals surface area contributed by atoms with Crippen LogP contribution in [-0.2, 0) is 93.4 Å². The van der Waals surface area contributed by atoms with Crippen molar-refractivity contribution in [2.24, 2.45) is 31.3 Å². The number of aryl methyl sites for hydroxylation is 2. The van der Waals surface area contributed by atoms with Crippen molar-refractivity contribution >= 4 is 110 Å². The van der Waals surface area contributed by atoms with Gasteiger partial charge in [0.2, 0.25) is 31.9 Å². The summed E-state index contributed by atoms with van der Waals surface area (Å²) in [6, 6.07) is 12.9. The second-order valence-electron chi connectivity index (χ2n) is 31.4. The average Bonchev–Trinajstić information content (AvgIpc) is 1.52. The summed E-state index contributed by atoms with van der Waals surface area (Å²) in [6.45, 7) is 2.99. The molecular weight excluding hydrogens is 1730 g/mol. The van der Waals surface area contributed by atoms with Crippen molar-refractivity contribution in [3.05, 3.63) is 219 Å². The molecule has 6 aromatic carbocycles. The zero-order valence-electron chi connectivity index (χ0n) is 64.6. The Morgan fingerprint density at radius 3 is 1.27 bits per heavy atom. The van der Waals surface area contributed by atoms with Crippen LogP contribution in [0.3, 0.4) is 0 Å². The van der Waals surface area contributed by atoms with Crippen LogP contribution in [0.5, 0.6) is 0 Å². The lowest BCUT2D eigenvalue weighted by Gasteiger charge is -2.31. The Morgan fingerprint density at radius 2 is 0.918 bits per heavy atom. The fourth-order valence-electron chi connectivity index (χ4n) is 16.2. The second kappa shape index (κ2) is 30.1. The van der Waals surface area contributed by atoms with Crippen molar-refractivity contribution in [1.82, 2.24) is 68.9 Å². The van der Waals surface area contributed by atoms with Crippen molar-refractivity contribution in [3.63, 3.8) is 0 Å². The number of rotatable bonds is 23. The number of halogens is 18. The highest BCUT2D eigenvalue weighted by atomic mass is 35.5. The molecule has 6 aromatic heterocycles. The molecule has 4 N–H and O–H groups in total. The van der Waals surface area contributed by atoms with Gasteiger partial charge in [-0.15, -0.1) is 0 Å².